The van der Waals surface area contributed by atoms with Gasteiger partial charge in [-0.2, -0.15) is 0 Å². The Morgan fingerprint density at radius 3 is 2.13 bits per heavy atom. The maximum absolute atomic E-state index is 11.0. The highest BCUT2D eigenvalue weighted by Gasteiger charge is 2.24. The summed E-state index contributed by atoms with van der Waals surface area (Å²) in [5.41, 5.74) is 3.30. The number of hydrogen-bond donors (Lipinski definition) is 0. The van der Waals surface area contributed by atoms with Crippen LogP contribution in [0.1, 0.15) is 42.3 Å². The zero-order valence-corrected chi connectivity index (χ0v) is 9.79. The van der Waals surface area contributed by atoms with Gasteiger partial charge in [-0.15, -0.1) is 0 Å². The monoisotopic (exact) mass is 208 g/mol. The Morgan fingerprint density at radius 2 is 1.73 bits per heavy atom. The molecule has 1 aromatic heterocycles. The molecule has 0 aromatic carbocycles. The van der Waals surface area contributed by atoms with Gasteiger partial charge in [0.15, 0.2) is 0 Å². The molecule has 0 aliphatic rings. The average molecular weight is 208 g/mol. The molecule has 1 rings (SSSR count). The third kappa shape index (κ3) is 1.98. The molecule has 1 heterocycles. The highest BCUT2D eigenvalue weighted by atomic mass is 16.6. The lowest BCUT2D eigenvalue weighted by atomic mass is 9.95. The van der Waals surface area contributed by atoms with Crippen LogP contribution >= 0.6 is 0 Å². The van der Waals surface area contributed by atoms with E-state index in [0.29, 0.717) is 5.69 Å². The first-order chi connectivity index (χ1) is 6.86. The van der Waals surface area contributed by atoms with Crippen molar-refractivity contribution in [1.29, 1.82) is 0 Å². The second-order valence-corrected chi connectivity index (χ2v) is 4.08. The van der Waals surface area contributed by atoms with Gasteiger partial charge in [-0.05, 0) is 32.3 Å². The third-order valence-electron chi connectivity index (χ3n) is 2.64. The molecule has 0 spiro atoms. The third-order valence-corrected chi connectivity index (χ3v) is 2.64. The molecule has 0 saturated carbocycles. The van der Waals surface area contributed by atoms with E-state index < -0.39 is 0 Å². The standard InChI is InChI=1S/C11H16N2O2/c1-6(2)10-7(3)8(4)12-9(5)11(10)13(14)15/h6H,1-5H3. The van der Waals surface area contributed by atoms with Crippen molar-refractivity contribution in [3.63, 3.8) is 0 Å². The largest absolute Gasteiger partial charge is 0.294 e. The van der Waals surface area contributed by atoms with Gasteiger partial charge in [0.25, 0.3) is 5.69 Å². The molecule has 0 bridgehead atoms. The Balaban J connectivity index is 3.62. The van der Waals surface area contributed by atoms with Crippen LogP contribution in [-0.2, 0) is 0 Å². The predicted molar refractivity (Wildman–Crippen MR) is 59.2 cm³/mol. The lowest BCUT2D eigenvalue weighted by Crippen LogP contribution is -2.06. The van der Waals surface area contributed by atoms with Crippen LogP contribution in [0.5, 0.6) is 0 Å². The molecule has 0 amide bonds. The molecular weight excluding hydrogens is 192 g/mol. The van der Waals surface area contributed by atoms with E-state index in [9.17, 15) is 10.1 Å². The molecule has 0 aliphatic heterocycles. The first-order valence-electron chi connectivity index (χ1n) is 4.98. The van der Waals surface area contributed by atoms with Crippen molar-refractivity contribution < 1.29 is 4.92 Å². The van der Waals surface area contributed by atoms with Crippen molar-refractivity contribution in [2.24, 2.45) is 0 Å². The van der Waals surface area contributed by atoms with Gasteiger partial charge in [-0.25, -0.2) is 0 Å². The van der Waals surface area contributed by atoms with E-state index >= 15 is 0 Å². The molecule has 0 atom stereocenters. The van der Waals surface area contributed by atoms with Crippen LogP contribution in [0.2, 0.25) is 0 Å². The number of rotatable bonds is 2. The van der Waals surface area contributed by atoms with Crippen molar-refractivity contribution in [2.75, 3.05) is 0 Å². The van der Waals surface area contributed by atoms with Gasteiger partial charge in [0, 0.05) is 11.3 Å². The first kappa shape index (κ1) is 11.6. The zero-order chi connectivity index (χ0) is 11.7. The van der Waals surface area contributed by atoms with E-state index in [-0.39, 0.29) is 16.5 Å². The van der Waals surface area contributed by atoms with E-state index in [2.05, 4.69) is 4.98 Å². The maximum Gasteiger partial charge on any atom is 0.294 e. The predicted octanol–water partition coefficient (Wildman–Crippen LogP) is 3.04. The van der Waals surface area contributed by atoms with E-state index in [1.165, 1.54) is 0 Å². The molecular formula is C11H16N2O2. The van der Waals surface area contributed by atoms with Crippen molar-refractivity contribution >= 4 is 5.69 Å². The Kier molecular flexibility index (Phi) is 3.07. The molecule has 1 aromatic rings. The topological polar surface area (TPSA) is 56.0 Å². The summed E-state index contributed by atoms with van der Waals surface area (Å²) in [5, 5.41) is 11.0. The highest BCUT2D eigenvalue weighted by Crippen LogP contribution is 2.32. The Hall–Kier alpha value is -1.45. The van der Waals surface area contributed by atoms with E-state index in [1.807, 2.05) is 27.7 Å². The molecule has 4 nitrogen and oxygen atoms in total. The highest BCUT2D eigenvalue weighted by molar-refractivity contribution is 5.51. The van der Waals surface area contributed by atoms with Crippen molar-refractivity contribution in [3.8, 4) is 0 Å². The smallest absolute Gasteiger partial charge is 0.258 e. The number of aromatic nitrogens is 1. The van der Waals surface area contributed by atoms with Crippen LogP contribution in [0.3, 0.4) is 0 Å². The fourth-order valence-corrected chi connectivity index (χ4v) is 1.89. The maximum atomic E-state index is 11.0. The lowest BCUT2D eigenvalue weighted by molar-refractivity contribution is -0.386. The number of aryl methyl sites for hydroxylation is 2. The summed E-state index contributed by atoms with van der Waals surface area (Å²) >= 11 is 0. The van der Waals surface area contributed by atoms with Gasteiger partial charge in [0.05, 0.1) is 4.92 Å². The van der Waals surface area contributed by atoms with Crippen molar-refractivity contribution in [1.82, 2.24) is 4.98 Å². The second kappa shape index (κ2) is 3.96. The van der Waals surface area contributed by atoms with E-state index in [1.54, 1.807) is 6.92 Å². The molecule has 0 N–H and O–H groups in total. The fourth-order valence-electron chi connectivity index (χ4n) is 1.89. The minimum atomic E-state index is -0.329. The molecule has 4 heteroatoms. The molecule has 0 aliphatic carbocycles. The Labute approximate surface area is 89.5 Å². The SMILES string of the molecule is Cc1nc(C)c([N+](=O)[O-])c(C(C)C)c1C. The number of nitrogens with zero attached hydrogens (tertiary/aromatic N) is 2. The molecule has 0 fully saturated rings. The van der Waals surface area contributed by atoms with Crippen LogP contribution in [0.15, 0.2) is 0 Å². The normalized spacial score (nSPS) is 10.8. The summed E-state index contributed by atoms with van der Waals surface area (Å²) in [7, 11) is 0. The van der Waals surface area contributed by atoms with Crippen molar-refractivity contribution in [2.45, 2.75) is 40.5 Å². The molecule has 15 heavy (non-hydrogen) atoms. The van der Waals surface area contributed by atoms with Gasteiger partial charge in [-0.3, -0.25) is 15.1 Å². The van der Waals surface area contributed by atoms with Gasteiger partial charge in [-0.1, -0.05) is 13.8 Å². The first-order valence-corrected chi connectivity index (χ1v) is 4.98. The summed E-state index contributed by atoms with van der Waals surface area (Å²) < 4.78 is 0. The second-order valence-electron chi connectivity index (χ2n) is 4.08. The zero-order valence-electron chi connectivity index (χ0n) is 9.79. The number of nitro groups is 1. The number of hydrogen-bond acceptors (Lipinski definition) is 3. The molecule has 82 valence electrons. The summed E-state index contributed by atoms with van der Waals surface area (Å²) in [6.07, 6.45) is 0. The van der Waals surface area contributed by atoms with Crippen LogP contribution in [-0.4, -0.2) is 9.91 Å². The van der Waals surface area contributed by atoms with E-state index in [4.69, 9.17) is 0 Å². The Bertz CT molecular complexity index is 412. The minimum Gasteiger partial charge on any atom is -0.258 e. The van der Waals surface area contributed by atoms with Crippen LogP contribution in [0.4, 0.5) is 5.69 Å². The molecule has 0 radical (unpaired) electrons. The number of pyridine rings is 1. The van der Waals surface area contributed by atoms with Crippen molar-refractivity contribution in [3.05, 3.63) is 32.6 Å². The van der Waals surface area contributed by atoms with Gasteiger partial charge in [0.2, 0.25) is 0 Å². The van der Waals surface area contributed by atoms with Crippen LogP contribution in [0, 0.1) is 30.9 Å². The summed E-state index contributed by atoms with van der Waals surface area (Å²) in [6, 6.07) is 0. The van der Waals surface area contributed by atoms with Gasteiger partial charge in [0.1, 0.15) is 5.69 Å². The van der Waals surface area contributed by atoms with Gasteiger partial charge < -0.3 is 0 Å². The fraction of sp³-hybridized carbons (Fsp3) is 0.545. The summed E-state index contributed by atoms with van der Waals surface area (Å²) in [5.74, 6) is 0.144. The minimum absolute atomic E-state index is 0.144. The summed E-state index contributed by atoms with van der Waals surface area (Å²) in [4.78, 5) is 14.8. The van der Waals surface area contributed by atoms with Crippen LogP contribution < -0.4 is 0 Å². The summed E-state index contributed by atoms with van der Waals surface area (Å²) in [6.45, 7) is 9.40. The Morgan fingerprint density at radius 1 is 1.20 bits per heavy atom. The average Bonchev–Trinajstić information content (AvgIpc) is 2.09. The quantitative estimate of drug-likeness (QED) is 0.554. The van der Waals surface area contributed by atoms with E-state index in [0.717, 1.165) is 16.8 Å². The van der Waals surface area contributed by atoms with Crippen LogP contribution in [0.25, 0.3) is 0 Å². The van der Waals surface area contributed by atoms with Gasteiger partial charge >= 0.3 is 0 Å². The molecule has 0 saturated heterocycles. The molecule has 0 unspecified atom stereocenters. The lowest BCUT2D eigenvalue weighted by Gasteiger charge is -2.13.